The van der Waals surface area contributed by atoms with Crippen molar-refractivity contribution in [3.63, 3.8) is 0 Å². The molecule has 1 aromatic rings. The lowest BCUT2D eigenvalue weighted by Gasteiger charge is -2.34. The molecular formula is C13H12F3N3O3. The van der Waals surface area contributed by atoms with Crippen molar-refractivity contribution >= 4 is 5.91 Å². The number of hydrogen-bond donors (Lipinski definition) is 1. The minimum Gasteiger partial charge on any atom is -0.365 e. The number of carbonyl (C=O) groups excluding carboxylic acids is 1. The molecule has 1 N–H and O–H groups in total. The maximum absolute atomic E-state index is 12.7. The Morgan fingerprint density at radius 2 is 2.23 bits per heavy atom. The number of pyridine rings is 1. The van der Waals surface area contributed by atoms with Gasteiger partial charge in [0.05, 0.1) is 18.7 Å². The van der Waals surface area contributed by atoms with Gasteiger partial charge in [0.2, 0.25) is 0 Å². The summed E-state index contributed by atoms with van der Waals surface area (Å²) in [5, 5.41) is 8.81. The molecule has 1 aliphatic rings. The van der Waals surface area contributed by atoms with E-state index >= 15 is 0 Å². The third-order valence-electron chi connectivity index (χ3n) is 3.31. The summed E-state index contributed by atoms with van der Waals surface area (Å²) in [6.07, 6.45) is -6.60. The van der Waals surface area contributed by atoms with Crippen LogP contribution in [0.25, 0.3) is 0 Å². The number of nitrogens with one attached hydrogen (secondary N) is 1. The maximum Gasteiger partial charge on any atom is 0.416 e. The van der Waals surface area contributed by atoms with E-state index in [0.717, 1.165) is 11.0 Å². The Morgan fingerprint density at radius 3 is 2.82 bits per heavy atom. The normalized spacial score (nSPS) is 18.9. The second kappa shape index (κ2) is 5.81. The predicted molar refractivity (Wildman–Crippen MR) is 68.2 cm³/mol. The molecule has 1 saturated heterocycles. The lowest BCUT2D eigenvalue weighted by Crippen LogP contribution is -2.51. The first kappa shape index (κ1) is 16.0. The third kappa shape index (κ3) is 3.12. The van der Waals surface area contributed by atoms with Gasteiger partial charge in [-0.05, 0) is 13.0 Å². The smallest absolute Gasteiger partial charge is 0.365 e. The first-order chi connectivity index (χ1) is 10.2. The molecule has 0 aliphatic carbocycles. The SMILES string of the molecule is Cc1[nH]c(=O)c(C#N)cc1C(=O)N1CCOC(C(F)(F)F)C1. The van der Waals surface area contributed by atoms with Crippen LogP contribution in [0, 0.1) is 18.3 Å². The first-order valence-electron chi connectivity index (χ1n) is 6.35. The lowest BCUT2D eigenvalue weighted by molar-refractivity contribution is -0.233. The average molecular weight is 315 g/mol. The molecule has 22 heavy (non-hydrogen) atoms. The number of alkyl halides is 3. The van der Waals surface area contributed by atoms with Crippen LogP contribution in [0.4, 0.5) is 13.2 Å². The van der Waals surface area contributed by atoms with Crippen LogP contribution in [0.15, 0.2) is 10.9 Å². The Labute approximate surface area is 123 Å². The summed E-state index contributed by atoms with van der Waals surface area (Å²) in [5.74, 6) is -0.678. The summed E-state index contributed by atoms with van der Waals surface area (Å²) >= 11 is 0. The van der Waals surface area contributed by atoms with Crippen molar-refractivity contribution in [2.24, 2.45) is 0 Å². The Kier molecular flexibility index (Phi) is 4.23. The fraction of sp³-hybridized carbons (Fsp3) is 0.462. The van der Waals surface area contributed by atoms with Gasteiger partial charge in [-0.15, -0.1) is 0 Å². The van der Waals surface area contributed by atoms with Crippen molar-refractivity contribution in [3.05, 3.63) is 33.2 Å². The molecule has 0 radical (unpaired) electrons. The highest BCUT2D eigenvalue weighted by Crippen LogP contribution is 2.26. The van der Waals surface area contributed by atoms with Gasteiger partial charge in [0.1, 0.15) is 11.6 Å². The Hall–Kier alpha value is -2.34. The number of aryl methyl sites for hydroxylation is 1. The monoisotopic (exact) mass is 315 g/mol. The Balaban J connectivity index is 2.29. The number of halogens is 3. The van der Waals surface area contributed by atoms with Crippen LogP contribution < -0.4 is 5.56 Å². The van der Waals surface area contributed by atoms with Crippen LogP contribution in [0.5, 0.6) is 0 Å². The van der Waals surface area contributed by atoms with Crippen molar-refractivity contribution < 1.29 is 22.7 Å². The van der Waals surface area contributed by atoms with Crippen LogP contribution >= 0.6 is 0 Å². The van der Waals surface area contributed by atoms with Gasteiger partial charge < -0.3 is 14.6 Å². The van der Waals surface area contributed by atoms with Crippen molar-refractivity contribution in [3.8, 4) is 6.07 Å². The molecule has 2 rings (SSSR count). The summed E-state index contributed by atoms with van der Waals surface area (Å²) in [6, 6.07) is 2.73. The Morgan fingerprint density at radius 1 is 1.55 bits per heavy atom. The number of nitriles is 1. The fourth-order valence-corrected chi connectivity index (χ4v) is 2.13. The minimum atomic E-state index is -4.56. The van der Waals surface area contributed by atoms with Crippen molar-refractivity contribution in [2.45, 2.75) is 19.2 Å². The molecule has 9 heteroatoms. The molecule has 1 fully saturated rings. The van der Waals surface area contributed by atoms with Gasteiger partial charge in [-0.3, -0.25) is 9.59 Å². The van der Waals surface area contributed by atoms with E-state index in [1.165, 1.54) is 6.92 Å². The maximum atomic E-state index is 12.7. The van der Waals surface area contributed by atoms with Crippen LogP contribution in [0.1, 0.15) is 21.6 Å². The number of aromatic amines is 1. The molecule has 2 heterocycles. The number of nitrogens with zero attached hydrogens (tertiary/aromatic N) is 2. The number of hydrogen-bond acceptors (Lipinski definition) is 4. The van der Waals surface area contributed by atoms with E-state index in [2.05, 4.69) is 9.72 Å². The second-order valence-corrected chi connectivity index (χ2v) is 4.81. The summed E-state index contributed by atoms with van der Waals surface area (Å²) in [6.45, 7) is 0.593. The van der Waals surface area contributed by atoms with Gasteiger partial charge in [-0.1, -0.05) is 0 Å². The molecule has 0 saturated carbocycles. The van der Waals surface area contributed by atoms with Gasteiger partial charge >= 0.3 is 6.18 Å². The lowest BCUT2D eigenvalue weighted by atomic mass is 10.1. The molecule has 1 aromatic heterocycles. The molecule has 1 unspecified atom stereocenters. The van der Waals surface area contributed by atoms with E-state index in [1.54, 1.807) is 6.07 Å². The number of ether oxygens (including phenoxy) is 1. The predicted octanol–water partition coefficient (Wildman–Crippen LogP) is 0.958. The van der Waals surface area contributed by atoms with Gasteiger partial charge in [-0.2, -0.15) is 18.4 Å². The molecule has 6 nitrogen and oxygen atoms in total. The molecule has 1 amide bonds. The third-order valence-corrected chi connectivity index (χ3v) is 3.31. The van der Waals surface area contributed by atoms with Gasteiger partial charge in [0.15, 0.2) is 6.10 Å². The fourth-order valence-electron chi connectivity index (χ4n) is 2.13. The van der Waals surface area contributed by atoms with E-state index < -0.39 is 30.3 Å². The van der Waals surface area contributed by atoms with Crippen LogP contribution in [-0.4, -0.2) is 47.8 Å². The molecule has 118 valence electrons. The summed E-state index contributed by atoms with van der Waals surface area (Å²) in [7, 11) is 0. The van der Waals surface area contributed by atoms with E-state index in [0.29, 0.717) is 0 Å². The molecule has 0 bridgehead atoms. The van der Waals surface area contributed by atoms with Crippen molar-refractivity contribution in [1.82, 2.24) is 9.88 Å². The highest BCUT2D eigenvalue weighted by atomic mass is 19.4. The zero-order chi connectivity index (χ0) is 16.5. The second-order valence-electron chi connectivity index (χ2n) is 4.81. The Bertz CT molecular complexity index is 690. The quantitative estimate of drug-likeness (QED) is 0.836. The first-order valence-corrected chi connectivity index (χ1v) is 6.35. The zero-order valence-electron chi connectivity index (χ0n) is 11.5. The van der Waals surface area contributed by atoms with E-state index in [9.17, 15) is 22.8 Å². The van der Waals surface area contributed by atoms with E-state index in [1.807, 2.05) is 0 Å². The topological polar surface area (TPSA) is 86.2 Å². The van der Waals surface area contributed by atoms with Gasteiger partial charge in [-0.25, -0.2) is 0 Å². The highest BCUT2D eigenvalue weighted by molar-refractivity contribution is 5.95. The number of aromatic nitrogens is 1. The average Bonchev–Trinajstić information content (AvgIpc) is 2.46. The van der Waals surface area contributed by atoms with Gasteiger partial charge in [0, 0.05) is 12.2 Å². The molecule has 0 aromatic carbocycles. The van der Waals surface area contributed by atoms with Gasteiger partial charge in [0.25, 0.3) is 11.5 Å². The summed E-state index contributed by atoms with van der Waals surface area (Å²) in [5.41, 5.74) is -0.718. The van der Waals surface area contributed by atoms with E-state index in [4.69, 9.17) is 5.26 Å². The number of amides is 1. The number of morpholine rings is 1. The minimum absolute atomic E-state index is 0.000950. The molecule has 1 atom stereocenters. The standard InChI is InChI=1S/C13H12F3N3O3/c1-7-9(4-8(5-17)11(20)18-7)12(21)19-2-3-22-10(6-19)13(14,15)16/h4,10H,2-3,6H2,1H3,(H,18,20). The summed E-state index contributed by atoms with van der Waals surface area (Å²) < 4.78 is 42.7. The zero-order valence-corrected chi connectivity index (χ0v) is 11.5. The van der Waals surface area contributed by atoms with Crippen LogP contribution in [0.3, 0.4) is 0 Å². The molecule has 0 spiro atoms. The van der Waals surface area contributed by atoms with Crippen molar-refractivity contribution in [2.75, 3.05) is 19.7 Å². The van der Waals surface area contributed by atoms with Crippen LogP contribution in [0.2, 0.25) is 0 Å². The number of carbonyl (C=O) groups is 1. The van der Waals surface area contributed by atoms with Crippen LogP contribution in [-0.2, 0) is 4.74 Å². The van der Waals surface area contributed by atoms with E-state index in [-0.39, 0.29) is 30.0 Å². The highest BCUT2D eigenvalue weighted by Gasteiger charge is 2.44. The number of rotatable bonds is 1. The molecule has 1 aliphatic heterocycles. The van der Waals surface area contributed by atoms with Crippen molar-refractivity contribution in [1.29, 1.82) is 5.26 Å². The number of H-pyrrole nitrogens is 1. The largest absolute Gasteiger partial charge is 0.416 e. The summed E-state index contributed by atoms with van der Waals surface area (Å²) in [4.78, 5) is 27.1. The molecular weight excluding hydrogens is 303 g/mol.